The Morgan fingerprint density at radius 1 is 1.60 bits per heavy atom. The highest BCUT2D eigenvalue weighted by atomic mass is 35.5. The molecule has 0 spiro atoms. The van der Waals surface area contributed by atoms with Crippen LogP contribution in [0.25, 0.3) is 0 Å². The third-order valence-corrected chi connectivity index (χ3v) is 2.27. The van der Waals surface area contributed by atoms with Crippen molar-refractivity contribution in [3.8, 4) is 0 Å². The predicted octanol–water partition coefficient (Wildman–Crippen LogP) is 1.18. The summed E-state index contributed by atoms with van der Waals surface area (Å²) in [5, 5.41) is 0. The first-order chi connectivity index (χ1) is 4.20. The van der Waals surface area contributed by atoms with Crippen LogP contribution < -0.4 is 5.73 Å². The predicted molar refractivity (Wildman–Crippen MR) is 44.4 cm³/mol. The van der Waals surface area contributed by atoms with Crippen LogP contribution in [0.3, 0.4) is 0 Å². The summed E-state index contributed by atoms with van der Waals surface area (Å²) in [5.74, 6) is 0. The highest BCUT2D eigenvalue weighted by molar-refractivity contribution is 5.85. The van der Waals surface area contributed by atoms with E-state index >= 15 is 0 Å². The first kappa shape index (κ1) is 10.2. The molecule has 1 aliphatic rings. The first-order valence-electron chi connectivity index (χ1n) is 3.43. The molecule has 0 aromatic rings. The Labute approximate surface area is 68.5 Å². The average molecular weight is 166 g/mol. The van der Waals surface area contributed by atoms with E-state index in [9.17, 15) is 0 Å². The molecule has 0 aromatic heterocycles. The average Bonchev–Trinajstić information content (AvgIpc) is 1.81. The van der Waals surface area contributed by atoms with Gasteiger partial charge in [-0.2, -0.15) is 0 Å². The van der Waals surface area contributed by atoms with Gasteiger partial charge in [0.15, 0.2) is 0 Å². The van der Waals surface area contributed by atoms with Crippen molar-refractivity contribution in [3.63, 3.8) is 0 Å². The van der Waals surface area contributed by atoms with Gasteiger partial charge in [-0.25, -0.2) is 0 Å². The van der Waals surface area contributed by atoms with E-state index in [1.807, 2.05) is 0 Å². The SMILES string of the molecule is COC1CC(C)(CN)C1.Cl. The smallest absolute Gasteiger partial charge is 0.0582 e. The molecule has 0 aromatic carbocycles. The van der Waals surface area contributed by atoms with E-state index in [0.717, 1.165) is 19.4 Å². The minimum atomic E-state index is 0. The summed E-state index contributed by atoms with van der Waals surface area (Å²) in [6.07, 6.45) is 2.76. The quantitative estimate of drug-likeness (QED) is 0.667. The second-order valence-electron chi connectivity index (χ2n) is 3.28. The molecule has 1 aliphatic carbocycles. The second kappa shape index (κ2) is 3.56. The maximum Gasteiger partial charge on any atom is 0.0582 e. The summed E-state index contributed by atoms with van der Waals surface area (Å²) < 4.78 is 5.13. The van der Waals surface area contributed by atoms with Crippen LogP contribution in [0.1, 0.15) is 19.8 Å². The Balaban J connectivity index is 0.000000810. The van der Waals surface area contributed by atoms with Gasteiger partial charge < -0.3 is 10.5 Å². The summed E-state index contributed by atoms with van der Waals surface area (Å²) in [6, 6.07) is 0. The second-order valence-corrected chi connectivity index (χ2v) is 3.28. The molecule has 62 valence electrons. The number of rotatable bonds is 2. The molecule has 0 unspecified atom stereocenters. The van der Waals surface area contributed by atoms with Crippen molar-refractivity contribution >= 4 is 12.4 Å². The third-order valence-electron chi connectivity index (χ3n) is 2.27. The molecule has 1 saturated carbocycles. The molecule has 0 bridgehead atoms. The van der Waals surface area contributed by atoms with Gasteiger partial charge in [-0.3, -0.25) is 0 Å². The highest BCUT2D eigenvalue weighted by Gasteiger charge is 2.38. The molecule has 3 heteroatoms. The van der Waals surface area contributed by atoms with E-state index < -0.39 is 0 Å². The molecule has 0 heterocycles. The zero-order chi connectivity index (χ0) is 6.91. The molecule has 1 fully saturated rings. The highest BCUT2D eigenvalue weighted by Crippen LogP contribution is 2.40. The van der Waals surface area contributed by atoms with E-state index in [4.69, 9.17) is 10.5 Å². The lowest BCUT2D eigenvalue weighted by Crippen LogP contribution is -2.44. The Kier molecular flexibility index (Phi) is 3.63. The van der Waals surface area contributed by atoms with E-state index in [-0.39, 0.29) is 12.4 Å². The first-order valence-corrected chi connectivity index (χ1v) is 3.43. The van der Waals surface area contributed by atoms with Gasteiger partial charge in [0.1, 0.15) is 0 Å². The fourth-order valence-electron chi connectivity index (χ4n) is 1.37. The summed E-state index contributed by atoms with van der Waals surface area (Å²) in [7, 11) is 1.76. The van der Waals surface area contributed by atoms with Gasteiger partial charge in [0, 0.05) is 7.11 Å². The van der Waals surface area contributed by atoms with Crippen molar-refractivity contribution in [1.29, 1.82) is 0 Å². The third kappa shape index (κ3) is 1.84. The summed E-state index contributed by atoms with van der Waals surface area (Å²) in [6.45, 7) is 3.01. The van der Waals surface area contributed by atoms with E-state index in [1.165, 1.54) is 0 Å². The zero-order valence-electron chi connectivity index (χ0n) is 6.59. The number of methoxy groups -OCH3 is 1. The fraction of sp³-hybridized carbons (Fsp3) is 1.00. The minimum absolute atomic E-state index is 0. The van der Waals surface area contributed by atoms with Crippen LogP contribution in [0.2, 0.25) is 0 Å². The number of hydrogen-bond donors (Lipinski definition) is 1. The molecule has 0 atom stereocenters. The number of hydrogen-bond acceptors (Lipinski definition) is 2. The van der Waals surface area contributed by atoms with Gasteiger partial charge >= 0.3 is 0 Å². The van der Waals surface area contributed by atoms with Crippen molar-refractivity contribution < 1.29 is 4.74 Å². The summed E-state index contributed by atoms with van der Waals surface area (Å²) >= 11 is 0. The minimum Gasteiger partial charge on any atom is -0.381 e. The lowest BCUT2D eigenvalue weighted by molar-refractivity contribution is -0.0447. The van der Waals surface area contributed by atoms with Gasteiger partial charge in [-0.05, 0) is 24.8 Å². The fourth-order valence-corrected chi connectivity index (χ4v) is 1.37. The normalized spacial score (nSPS) is 38.1. The largest absolute Gasteiger partial charge is 0.381 e. The van der Waals surface area contributed by atoms with Crippen LogP contribution in [0.15, 0.2) is 0 Å². The molecular weight excluding hydrogens is 150 g/mol. The van der Waals surface area contributed by atoms with Gasteiger partial charge in [0.25, 0.3) is 0 Å². The molecule has 2 N–H and O–H groups in total. The van der Waals surface area contributed by atoms with Crippen molar-refractivity contribution in [2.45, 2.75) is 25.9 Å². The maximum absolute atomic E-state index is 5.53. The Morgan fingerprint density at radius 3 is 2.40 bits per heavy atom. The molecule has 0 aliphatic heterocycles. The monoisotopic (exact) mass is 165 g/mol. The van der Waals surface area contributed by atoms with Gasteiger partial charge in [0.05, 0.1) is 6.10 Å². The zero-order valence-corrected chi connectivity index (χ0v) is 7.41. The lowest BCUT2D eigenvalue weighted by Gasteiger charge is -2.43. The van der Waals surface area contributed by atoms with Crippen LogP contribution in [0.4, 0.5) is 0 Å². The van der Waals surface area contributed by atoms with Crippen LogP contribution in [-0.2, 0) is 4.74 Å². The standard InChI is InChI=1S/C7H15NO.ClH/c1-7(5-8)3-6(4-7)9-2;/h6H,3-5,8H2,1-2H3;1H. The molecule has 0 amide bonds. The van der Waals surface area contributed by atoms with Crippen molar-refractivity contribution in [2.24, 2.45) is 11.1 Å². The molecule has 0 radical (unpaired) electrons. The molecule has 2 nitrogen and oxygen atoms in total. The number of ether oxygens (including phenoxy) is 1. The topological polar surface area (TPSA) is 35.2 Å². The number of halogens is 1. The van der Waals surface area contributed by atoms with Gasteiger partial charge in [-0.15, -0.1) is 12.4 Å². The summed E-state index contributed by atoms with van der Waals surface area (Å²) in [5.41, 5.74) is 5.92. The lowest BCUT2D eigenvalue weighted by atomic mass is 9.68. The summed E-state index contributed by atoms with van der Waals surface area (Å²) in [4.78, 5) is 0. The van der Waals surface area contributed by atoms with E-state index in [2.05, 4.69) is 6.92 Å². The van der Waals surface area contributed by atoms with E-state index in [1.54, 1.807) is 7.11 Å². The van der Waals surface area contributed by atoms with Gasteiger partial charge in [-0.1, -0.05) is 6.92 Å². The van der Waals surface area contributed by atoms with Crippen LogP contribution in [0, 0.1) is 5.41 Å². The number of nitrogens with two attached hydrogens (primary N) is 1. The Bertz CT molecular complexity index is 102. The maximum atomic E-state index is 5.53. The van der Waals surface area contributed by atoms with Crippen LogP contribution >= 0.6 is 12.4 Å². The molecule has 1 rings (SSSR count). The Morgan fingerprint density at radius 2 is 2.10 bits per heavy atom. The molecular formula is C7H16ClNO. The molecule has 10 heavy (non-hydrogen) atoms. The van der Waals surface area contributed by atoms with Crippen LogP contribution in [-0.4, -0.2) is 19.8 Å². The van der Waals surface area contributed by atoms with Crippen LogP contribution in [0.5, 0.6) is 0 Å². The van der Waals surface area contributed by atoms with Crippen molar-refractivity contribution in [1.82, 2.24) is 0 Å². The molecule has 0 saturated heterocycles. The van der Waals surface area contributed by atoms with Gasteiger partial charge in [0.2, 0.25) is 0 Å². The van der Waals surface area contributed by atoms with Crippen molar-refractivity contribution in [3.05, 3.63) is 0 Å². The van der Waals surface area contributed by atoms with Crippen molar-refractivity contribution in [2.75, 3.05) is 13.7 Å². The van der Waals surface area contributed by atoms with E-state index in [0.29, 0.717) is 11.5 Å². The Hall–Kier alpha value is 0.210.